The molecule has 0 spiro atoms. The molecule has 0 aliphatic carbocycles. The number of aromatic amines is 1. The van der Waals surface area contributed by atoms with Crippen LogP contribution in [0.3, 0.4) is 0 Å². The zero-order chi connectivity index (χ0) is 26.1. The number of likely N-dealkylation sites (tertiary alicyclic amines) is 1. The second-order valence-corrected chi connectivity index (χ2v) is 9.73. The predicted octanol–water partition coefficient (Wildman–Crippen LogP) is 4.80. The van der Waals surface area contributed by atoms with Crippen LogP contribution in [-0.4, -0.2) is 55.4 Å². The molecule has 198 valence electrons. The Bertz CT molecular complexity index is 1400. The normalized spacial score (nSPS) is 16.8. The number of ether oxygens (including phenoxy) is 2. The molecular weight excluding hydrogens is 491 g/mol. The minimum atomic E-state index is -0.690. The van der Waals surface area contributed by atoms with Crippen LogP contribution >= 0.6 is 0 Å². The Balaban J connectivity index is 1.24. The van der Waals surface area contributed by atoms with Crippen molar-refractivity contribution in [3.63, 3.8) is 0 Å². The third-order valence-corrected chi connectivity index (χ3v) is 7.20. The summed E-state index contributed by atoms with van der Waals surface area (Å²) in [6.45, 7) is 3.84. The molecule has 2 saturated heterocycles. The number of benzene rings is 2. The van der Waals surface area contributed by atoms with Gasteiger partial charge in [-0.15, -0.1) is 0 Å². The SMILES string of the molecule is O=C(ON(F)c1ccc2c(c1)Cc1cccc(-c3cc(N4CCOCC4)cc(=O)[nH]3)c1O2)N1CCCCC1. The number of anilines is 2. The van der Waals surface area contributed by atoms with Crippen molar-refractivity contribution in [2.45, 2.75) is 25.7 Å². The van der Waals surface area contributed by atoms with Gasteiger partial charge in [0.15, 0.2) is 0 Å². The van der Waals surface area contributed by atoms with Gasteiger partial charge in [-0.1, -0.05) is 16.6 Å². The Morgan fingerprint density at radius 3 is 2.61 bits per heavy atom. The standard InChI is InChI=1S/C28H29FN4O5/c29-33(38-28(35)32-9-2-1-3-10-32)21-7-8-25-20(16-21)15-19-5-4-6-23(27(19)37-25)24-17-22(18-26(34)30-24)31-11-13-36-14-12-31/h4-8,16-18H,1-3,9-15H2,(H,30,34). The van der Waals surface area contributed by atoms with E-state index in [-0.39, 0.29) is 16.5 Å². The first-order valence-electron chi connectivity index (χ1n) is 13.0. The zero-order valence-electron chi connectivity index (χ0n) is 21.0. The number of morpholine rings is 1. The fourth-order valence-corrected chi connectivity index (χ4v) is 5.22. The van der Waals surface area contributed by atoms with E-state index < -0.39 is 6.09 Å². The van der Waals surface area contributed by atoms with E-state index in [1.807, 2.05) is 24.3 Å². The second-order valence-electron chi connectivity index (χ2n) is 9.73. The van der Waals surface area contributed by atoms with E-state index in [2.05, 4.69) is 9.88 Å². The van der Waals surface area contributed by atoms with Gasteiger partial charge in [-0.3, -0.25) is 9.63 Å². The van der Waals surface area contributed by atoms with E-state index in [9.17, 15) is 14.1 Å². The van der Waals surface area contributed by atoms with Crippen molar-refractivity contribution in [2.75, 3.05) is 49.6 Å². The maximum Gasteiger partial charge on any atom is 0.436 e. The number of H-pyrrole nitrogens is 1. The monoisotopic (exact) mass is 520 g/mol. The fourth-order valence-electron chi connectivity index (χ4n) is 5.22. The number of aromatic nitrogens is 1. The Hall–Kier alpha value is -4.05. The van der Waals surface area contributed by atoms with E-state index in [1.54, 1.807) is 18.2 Å². The zero-order valence-corrected chi connectivity index (χ0v) is 21.0. The van der Waals surface area contributed by atoms with Crippen molar-refractivity contribution < 1.29 is 23.6 Å². The maximum atomic E-state index is 14.8. The molecule has 0 saturated carbocycles. The predicted molar refractivity (Wildman–Crippen MR) is 140 cm³/mol. The highest BCUT2D eigenvalue weighted by molar-refractivity contribution is 5.74. The van der Waals surface area contributed by atoms with Gasteiger partial charge in [0.25, 0.3) is 0 Å². The maximum absolute atomic E-state index is 14.8. The summed E-state index contributed by atoms with van der Waals surface area (Å²) in [4.78, 5) is 36.4. The van der Waals surface area contributed by atoms with Crippen molar-refractivity contribution in [1.82, 2.24) is 9.88 Å². The number of hydrogen-bond donors (Lipinski definition) is 1. The molecule has 0 unspecified atom stereocenters. The summed E-state index contributed by atoms with van der Waals surface area (Å²) < 4.78 is 26.5. The molecule has 4 heterocycles. The molecule has 10 heteroatoms. The topological polar surface area (TPSA) is 87.3 Å². The summed E-state index contributed by atoms with van der Waals surface area (Å²) in [7, 11) is 0. The summed E-state index contributed by atoms with van der Waals surface area (Å²) >= 11 is 0. The minimum absolute atomic E-state index is 0.0189. The van der Waals surface area contributed by atoms with E-state index in [0.29, 0.717) is 49.9 Å². The number of nitrogens with one attached hydrogen (secondary N) is 1. The van der Waals surface area contributed by atoms with Gasteiger partial charge in [0, 0.05) is 55.5 Å². The van der Waals surface area contributed by atoms with Gasteiger partial charge in [0.1, 0.15) is 17.2 Å². The number of amides is 1. The van der Waals surface area contributed by atoms with Gasteiger partial charge < -0.3 is 24.3 Å². The van der Waals surface area contributed by atoms with Gasteiger partial charge in [-0.25, -0.2) is 4.79 Å². The third kappa shape index (κ3) is 4.91. The number of rotatable bonds is 4. The number of carbonyl (C=O) groups excluding carboxylic acids is 1. The van der Waals surface area contributed by atoms with Gasteiger partial charge >= 0.3 is 6.09 Å². The van der Waals surface area contributed by atoms with Crippen LogP contribution in [0.15, 0.2) is 53.3 Å². The first-order valence-corrected chi connectivity index (χ1v) is 13.0. The van der Waals surface area contributed by atoms with Gasteiger partial charge in [0.2, 0.25) is 5.56 Å². The molecule has 3 aromatic rings. The fraction of sp³-hybridized carbons (Fsp3) is 0.357. The van der Waals surface area contributed by atoms with E-state index in [0.717, 1.165) is 54.7 Å². The van der Waals surface area contributed by atoms with Crippen molar-refractivity contribution in [1.29, 1.82) is 0 Å². The molecule has 2 fully saturated rings. The van der Waals surface area contributed by atoms with E-state index >= 15 is 0 Å². The van der Waals surface area contributed by atoms with Crippen LogP contribution in [0.25, 0.3) is 11.3 Å². The number of nitrogens with zero attached hydrogens (tertiary/aromatic N) is 3. The first-order chi connectivity index (χ1) is 18.5. The molecule has 1 amide bonds. The molecule has 3 aliphatic heterocycles. The smallest absolute Gasteiger partial charge is 0.436 e. The number of hydrogen-bond acceptors (Lipinski definition) is 7. The van der Waals surface area contributed by atoms with Crippen molar-refractivity contribution >= 4 is 17.5 Å². The number of piperidine rings is 1. The minimum Gasteiger partial charge on any atom is -0.456 e. The highest BCUT2D eigenvalue weighted by Gasteiger charge is 2.25. The number of halogens is 1. The molecular formula is C28H29FN4O5. The van der Waals surface area contributed by atoms with Gasteiger partial charge in [-0.2, -0.15) is 0 Å². The lowest BCUT2D eigenvalue weighted by atomic mass is 9.96. The second kappa shape index (κ2) is 10.4. The molecule has 6 rings (SSSR count). The van der Waals surface area contributed by atoms with Crippen LogP contribution in [0.1, 0.15) is 30.4 Å². The lowest BCUT2D eigenvalue weighted by Gasteiger charge is -2.29. The number of carbonyl (C=O) groups is 1. The average Bonchev–Trinajstić information content (AvgIpc) is 2.96. The highest BCUT2D eigenvalue weighted by Crippen LogP contribution is 2.43. The Labute approximate surface area is 219 Å². The highest BCUT2D eigenvalue weighted by atomic mass is 19.2. The molecule has 0 radical (unpaired) electrons. The van der Waals surface area contributed by atoms with Crippen LogP contribution in [0, 0.1) is 0 Å². The molecule has 1 N–H and O–H groups in total. The Kier molecular flexibility index (Phi) is 6.63. The average molecular weight is 521 g/mol. The molecule has 0 atom stereocenters. The van der Waals surface area contributed by atoms with Crippen LogP contribution in [0.5, 0.6) is 11.5 Å². The van der Waals surface area contributed by atoms with Crippen molar-refractivity contribution in [3.8, 4) is 22.8 Å². The van der Waals surface area contributed by atoms with Crippen LogP contribution in [-0.2, 0) is 16.0 Å². The van der Waals surface area contributed by atoms with Gasteiger partial charge in [0.05, 0.1) is 18.9 Å². The summed E-state index contributed by atoms with van der Waals surface area (Å²) in [6.07, 6.45) is 2.65. The van der Waals surface area contributed by atoms with E-state index in [4.69, 9.17) is 14.3 Å². The molecule has 2 aromatic carbocycles. The summed E-state index contributed by atoms with van der Waals surface area (Å²) in [6, 6.07) is 14.1. The number of pyridine rings is 1. The summed E-state index contributed by atoms with van der Waals surface area (Å²) in [5.41, 5.74) is 3.86. The summed E-state index contributed by atoms with van der Waals surface area (Å²) in [5, 5.41) is 0.0189. The van der Waals surface area contributed by atoms with Crippen LogP contribution in [0.4, 0.5) is 20.7 Å². The summed E-state index contributed by atoms with van der Waals surface area (Å²) in [5.74, 6) is 1.23. The van der Waals surface area contributed by atoms with Crippen LogP contribution < -0.4 is 20.5 Å². The molecule has 0 bridgehead atoms. The lowest BCUT2D eigenvalue weighted by Crippen LogP contribution is -2.38. The molecule has 38 heavy (non-hydrogen) atoms. The largest absolute Gasteiger partial charge is 0.456 e. The van der Waals surface area contributed by atoms with Crippen molar-refractivity contribution in [3.05, 3.63) is 70.0 Å². The molecule has 1 aromatic heterocycles. The first kappa shape index (κ1) is 24.3. The number of para-hydroxylation sites is 1. The Morgan fingerprint density at radius 2 is 1.79 bits per heavy atom. The van der Waals surface area contributed by atoms with Crippen LogP contribution in [0.2, 0.25) is 0 Å². The van der Waals surface area contributed by atoms with E-state index in [1.165, 1.54) is 11.0 Å². The van der Waals surface area contributed by atoms with Crippen molar-refractivity contribution in [2.24, 2.45) is 0 Å². The third-order valence-electron chi connectivity index (χ3n) is 7.20. The Morgan fingerprint density at radius 1 is 0.974 bits per heavy atom. The van der Waals surface area contributed by atoms with Gasteiger partial charge in [-0.05, 0) is 60.4 Å². The lowest BCUT2D eigenvalue weighted by molar-refractivity contribution is 0.0355. The molecule has 3 aliphatic rings. The molecule has 9 nitrogen and oxygen atoms in total. The number of fused-ring (bicyclic) bond motifs is 2. The quantitative estimate of drug-likeness (QED) is 0.305.